The summed E-state index contributed by atoms with van der Waals surface area (Å²) in [6, 6.07) is 0. The molecule has 0 heterocycles. The molecule has 0 aromatic heterocycles. The number of halogens is 1. The fraction of sp³-hybridized carbons (Fsp3) is 1.00. The van der Waals surface area contributed by atoms with Gasteiger partial charge in [0.1, 0.15) is 6.79 Å². The number of alkyl halides is 1. The van der Waals surface area contributed by atoms with Crippen molar-refractivity contribution in [2.75, 3.05) is 32.5 Å². The van der Waals surface area contributed by atoms with Crippen LogP contribution in [0.4, 0.5) is 0 Å². The Labute approximate surface area is 59.5 Å². The van der Waals surface area contributed by atoms with E-state index in [1.165, 1.54) is 0 Å². The van der Waals surface area contributed by atoms with Crippen LogP contribution in [-0.4, -0.2) is 37.6 Å². The molecule has 0 aliphatic heterocycles. The van der Waals surface area contributed by atoms with Gasteiger partial charge in [-0.2, -0.15) is 0 Å². The zero-order chi connectivity index (χ0) is 6.95. The Balaban J connectivity index is 2.60. The van der Waals surface area contributed by atoms with E-state index in [2.05, 4.69) is 4.74 Å². The number of aliphatic hydroxyl groups excluding tert-OH is 1. The van der Waals surface area contributed by atoms with Gasteiger partial charge < -0.3 is 14.6 Å². The zero-order valence-corrected chi connectivity index (χ0v) is 5.93. The third-order valence-electron chi connectivity index (χ3n) is 0.685. The van der Waals surface area contributed by atoms with Gasteiger partial charge in [-0.1, -0.05) is 0 Å². The van der Waals surface area contributed by atoms with E-state index in [0.717, 1.165) is 0 Å². The van der Waals surface area contributed by atoms with Crippen LogP contribution in [0.15, 0.2) is 0 Å². The van der Waals surface area contributed by atoms with E-state index >= 15 is 0 Å². The fourth-order valence-corrected chi connectivity index (χ4v) is 0.448. The maximum absolute atomic E-state index is 8.12. The largest absolute Gasteiger partial charge is 0.378 e. The Bertz CT molecular complexity index is 45.5. The maximum atomic E-state index is 8.12. The second-order valence-electron chi connectivity index (χ2n) is 1.34. The molecule has 0 unspecified atom stereocenters. The van der Waals surface area contributed by atoms with Crippen molar-refractivity contribution in [3.63, 3.8) is 0 Å². The topological polar surface area (TPSA) is 38.7 Å². The van der Waals surface area contributed by atoms with Crippen LogP contribution >= 0.6 is 11.6 Å². The molecule has 0 saturated heterocycles. The number of aliphatic hydroxyl groups is 1. The van der Waals surface area contributed by atoms with Crippen LogP contribution in [0.2, 0.25) is 0 Å². The monoisotopic (exact) mass is 154 g/mol. The third-order valence-corrected chi connectivity index (χ3v) is 0.839. The van der Waals surface area contributed by atoms with Crippen LogP contribution in [-0.2, 0) is 9.47 Å². The molecule has 0 rings (SSSR count). The van der Waals surface area contributed by atoms with E-state index in [9.17, 15) is 0 Å². The Morgan fingerprint density at radius 1 is 1.11 bits per heavy atom. The van der Waals surface area contributed by atoms with Crippen molar-refractivity contribution >= 4 is 11.6 Å². The minimum Gasteiger partial charge on any atom is -0.378 e. The van der Waals surface area contributed by atoms with E-state index in [1.807, 2.05) is 0 Å². The molecule has 0 atom stereocenters. The first-order valence-corrected chi connectivity index (χ1v) is 3.27. The van der Waals surface area contributed by atoms with Crippen molar-refractivity contribution in [2.45, 2.75) is 0 Å². The highest BCUT2D eigenvalue weighted by Gasteiger charge is 1.85. The summed E-state index contributed by atoms with van der Waals surface area (Å²) in [5.41, 5.74) is 0. The van der Waals surface area contributed by atoms with Crippen molar-refractivity contribution < 1.29 is 14.6 Å². The lowest BCUT2D eigenvalue weighted by Gasteiger charge is -1.99. The molecular formula is C5H11ClO3. The van der Waals surface area contributed by atoms with E-state index in [-0.39, 0.29) is 6.79 Å². The molecule has 1 N–H and O–H groups in total. The molecule has 0 bridgehead atoms. The smallest absolute Gasteiger partial charge is 0.143 e. The number of hydrogen-bond acceptors (Lipinski definition) is 3. The number of hydrogen-bond donors (Lipinski definition) is 1. The van der Waals surface area contributed by atoms with Gasteiger partial charge >= 0.3 is 0 Å². The molecule has 3 nitrogen and oxygen atoms in total. The second kappa shape index (κ2) is 8.17. The second-order valence-corrected chi connectivity index (χ2v) is 1.72. The third kappa shape index (κ3) is 8.17. The van der Waals surface area contributed by atoms with Gasteiger partial charge in [0.25, 0.3) is 0 Å². The molecule has 0 saturated carbocycles. The van der Waals surface area contributed by atoms with Gasteiger partial charge in [-0.3, -0.25) is 0 Å². The molecule has 4 heteroatoms. The summed E-state index contributed by atoms with van der Waals surface area (Å²) in [6.45, 7) is 1.21. The Hall–Kier alpha value is 0.170. The van der Waals surface area contributed by atoms with Crippen molar-refractivity contribution in [2.24, 2.45) is 0 Å². The summed E-state index contributed by atoms with van der Waals surface area (Å²) in [4.78, 5) is 0. The highest BCUT2D eigenvalue weighted by Crippen LogP contribution is 1.79. The molecule has 0 radical (unpaired) electrons. The van der Waals surface area contributed by atoms with Gasteiger partial charge in [-0.15, -0.1) is 11.6 Å². The van der Waals surface area contributed by atoms with E-state index < -0.39 is 0 Å². The van der Waals surface area contributed by atoms with Gasteiger partial charge in [-0.05, 0) is 0 Å². The quantitative estimate of drug-likeness (QED) is 0.338. The number of ether oxygens (including phenoxy) is 2. The highest BCUT2D eigenvalue weighted by atomic mass is 35.5. The molecule has 56 valence electrons. The van der Waals surface area contributed by atoms with Crippen LogP contribution in [0.5, 0.6) is 0 Å². The van der Waals surface area contributed by atoms with Crippen LogP contribution < -0.4 is 0 Å². The van der Waals surface area contributed by atoms with Crippen molar-refractivity contribution in [1.29, 1.82) is 0 Å². The Kier molecular flexibility index (Phi) is 8.32. The zero-order valence-electron chi connectivity index (χ0n) is 5.18. The highest BCUT2D eigenvalue weighted by molar-refractivity contribution is 6.17. The van der Waals surface area contributed by atoms with E-state index in [0.29, 0.717) is 25.7 Å². The summed E-state index contributed by atoms with van der Waals surface area (Å²) >= 11 is 5.30. The number of rotatable bonds is 6. The molecule has 9 heavy (non-hydrogen) atoms. The molecular weight excluding hydrogens is 144 g/mol. The summed E-state index contributed by atoms with van der Waals surface area (Å²) in [5, 5.41) is 8.12. The molecule has 0 aliphatic carbocycles. The molecule has 0 amide bonds. The van der Waals surface area contributed by atoms with Crippen molar-refractivity contribution in [1.82, 2.24) is 0 Å². The first-order valence-electron chi connectivity index (χ1n) is 2.74. The normalized spacial score (nSPS) is 10.0. The Morgan fingerprint density at radius 2 is 1.78 bits per heavy atom. The minimum absolute atomic E-state index is 0.246. The summed E-state index contributed by atoms with van der Waals surface area (Å²) in [7, 11) is 0. The van der Waals surface area contributed by atoms with Crippen molar-refractivity contribution in [3.05, 3.63) is 0 Å². The maximum Gasteiger partial charge on any atom is 0.143 e. The fourth-order valence-electron chi connectivity index (χ4n) is 0.339. The Morgan fingerprint density at radius 3 is 2.33 bits per heavy atom. The summed E-state index contributed by atoms with van der Waals surface area (Å²) < 4.78 is 9.48. The molecule has 0 aromatic carbocycles. The lowest BCUT2D eigenvalue weighted by atomic mass is 10.7. The van der Waals surface area contributed by atoms with Gasteiger partial charge in [0, 0.05) is 5.88 Å². The summed E-state index contributed by atoms with van der Waals surface area (Å²) in [6.07, 6.45) is 0. The first kappa shape index (κ1) is 9.17. The molecule has 0 fully saturated rings. The first-order chi connectivity index (χ1) is 4.41. The van der Waals surface area contributed by atoms with Gasteiger partial charge in [0.05, 0.1) is 19.8 Å². The van der Waals surface area contributed by atoms with E-state index in [4.69, 9.17) is 21.4 Å². The van der Waals surface area contributed by atoms with Gasteiger partial charge in [0.2, 0.25) is 0 Å². The summed E-state index contributed by atoms with van der Waals surface area (Å²) in [5.74, 6) is 0.499. The molecule has 0 aromatic rings. The van der Waals surface area contributed by atoms with E-state index in [1.54, 1.807) is 0 Å². The van der Waals surface area contributed by atoms with Crippen LogP contribution in [0.1, 0.15) is 0 Å². The average molecular weight is 155 g/mol. The lowest BCUT2D eigenvalue weighted by Crippen LogP contribution is -2.05. The van der Waals surface area contributed by atoms with Crippen LogP contribution in [0.3, 0.4) is 0 Å². The standard InChI is InChI=1S/C5H11ClO3/c6-1-2-8-3-4-9-5-7/h7H,1-5H2. The average Bonchev–Trinajstić information content (AvgIpc) is 1.89. The van der Waals surface area contributed by atoms with Crippen LogP contribution in [0, 0.1) is 0 Å². The SMILES string of the molecule is OCOCCOCCCl. The minimum atomic E-state index is -0.246. The van der Waals surface area contributed by atoms with Crippen LogP contribution in [0.25, 0.3) is 0 Å². The van der Waals surface area contributed by atoms with Gasteiger partial charge in [-0.25, -0.2) is 0 Å². The van der Waals surface area contributed by atoms with Crippen molar-refractivity contribution in [3.8, 4) is 0 Å². The predicted molar refractivity (Wildman–Crippen MR) is 34.6 cm³/mol. The molecule has 0 spiro atoms. The van der Waals surface area contributed by atoms with Gasteiger partial charge in [0.15, 0.2) is 0 Å². The predicted octanol–water partition coefficient (Wildman–Crippen LogP) is 0.208. The lowest BCUT2D eigenvalue weighted by molar-refractivity contribution is -0.0273. The molecule has 0 aliphatic rings.